The maximum atomic E-state index is 5.54. The van der Waals surface area contributed by atoms with Crippen LogP contribution in [0.25, 0.3) is 0 Å². The van der Waals surface area contributed by atoms with Gasteiger partial charge < -0.3 is 20.3 Å². The van der Waals surface area contributed by atoms with Gasteiger partial charge in [0, 0.05) is 38.8 Å². The van der Waals surface area contributed by atoms with Gasteiger partial charge in [0.05, 0.1) is 19.8 Å². The van der Waals surface area contributed by atoms with Crippen LogP contribution in [0.3, 0.4) is 0 Å². The molecule has 0 radical (unpaired) electrons. The molecule has 1 atom stereocenters. The fourth-order valence-corrected chi connectivity index (χ4v) is 3.77. The van der Waals surface area contributed by atoms with Crippen LogP contribution in [0.1, 0.15) is 38.3 Å². The van der Waals surface area contributed by atoms with Gasteiger partial charge in [0.2, 0.25) is 0 Å². The molecule has 1 heterocycles. The van der Waals surface area contributed by atoms with E-state index >= 15 is 0 Å². The summed E-state index contributed by atoms with van der Waals surface area (Å²) in [5, 5.41) is 6.99. The normalized spacial score (nSPS) is 16.4. The molecule has 1 aliphatic rings. The average Bonchev–Trinajstić information content (AvgIpc) is 2.69. The van der Waals surface area contributed by atoms with Crippen LogP contribution in [0.5, 0.6) is 0 Å². The quantitative estimate of drug-likeness (QED) is 0.276. The Hall–Kier alpha value is -0.900. The second kappa shape index (κ2) is 15.0. The molecule has 1 unspecified atom stereocenters. The van der Waals surface area contributed by atoms with Crippen molar-refractivity contribution in [2.24, 2.45) is 10.9 Å². The zero-order chi connectivity index (χ0) is 21.1. The van der Waals surface area contributed by atoms with Crippen LogP contribution >= 0.6 is 24.0 Å². The van der Waals surface area contributed by atoms with E-state index in [0.29, 0.717) is 18.5 Å². The minimum Gasteiger partial charge on any atom is -0.379 e. The average molecular weight is 532 g/mol. The van der Waals surface area contributed by atoms with Crippen LogP contribution in [0.15, 0.2) is 29.3 Å². The molecule has 6 nitrogen and oxygen atoms in total. The summed E-state index contributed by atoms with van der Waals surface area (Å²) in [5.74, 6) is 1.57. The number of morpholine rings is 1. The summed E-state index contributed by atoms with van der Waals surface area (Å²) in [6.07, 6.45) is 1.18. The van der Waals surface area contributed by atoms with Gasteiger partial charge in [-0.05, 0) is 44.5 Å². The number of rotatable bonds is 10. The van der Waals surface area contributed by atoms with Gasteiger partial charge in [-0.2, -0.15) is 0 Å². The van der Waals surface area contributed by atoms with Crippen LogP contribution in [-0.2, 0) is 17.8 Å². The molecule has 1 aliphatic heterocycles. The number of guanidine groups is 1. The number of halogens is 1. The van der Waals surface area contributed by atoms with E-state index in [-0.39, 0.29) is 24.0 Å². The van der Waals surface area contributed by atoms with Gasteiger partial charge in [0.25, 0.3) is 0 Å². The molecule has 7 heteroatoms. The van der Waals surface area contributed by atoms with Gasteiger partial charge in [-0.15, -0.1) is 24.0 Å². The van der Waals surface area contributed by atoms with Crippen molar-refractivity contribution in [1.82, 2.24) is 20.4 Å². The van der Waals surface area contributed by atoms with Crippen molar-refractivity contribution < 1.29 is 4.74 Å². The Morgan fingerprint density at radius 3 is 2.50 bits per heavy atom. The second-order valence-electron chi connectivity index (χ2n) is 8.57. The van der Waals surface area contributed by atoms with Crippen LogP contribution in [0, 0.1) is 5.92 Å². The van der Waals surface area contributed by atoms with Crippen molar-refractivity contribution in [2.75, 3.05) is 53.5 Å². The zero-order valence-corrected chi connectivity index (χ0v) is 21.8. The van der Waals surface area contributed by atoms with Gasteiger partial charge in [-0.1, -0.05) is 38.1 Å². The number of hydrogen-bond donors (Lipinski definition) is 2. The van der Waals surface area contributed by atoms with Gasteiger partial charge in [0.1, 0.15) is 0 Å². The highest BCUT2D eigenvalue weighted by Gasteiger charge is 2.22. The number of hydrogen-bond acceptors (Lipinski definition) is 4. The van der Waals surface area contributed by atoms with E-state index < -0.39 is 0 Å². The third-order valence-electron chi connectivity index (χ3n) is 5.06. The molecule has 0 aromatic heterocycles. The van der Waals surface area contributed by atoms with E-state index in [1.54, 1.807) is 0 Å². The first-order valence-electron chi connectivity index (χ1n) is 11.0. The number of nitrogens with zero attached hydrogens (tertiary/aromatic N) is 3. The molecular weight excluding hydrogens is 489 g/mol. The maximum Gasteiger partial charge on any atom is 0.191 e. The number of aliphatic imine (C=N–C) groups is 1. The highest BCUT2D eigenvalue weighted by atomic mass is 127. The van der Waals surface area contributed by atoms with Crippen molar-refractivity contribution in [3.8, 4) is 0 Å². The Morgan fingerprint density at radius 1 is 1.17 bits per heavy atom. The molecule has 172 valence electrons. The van der Waals surface area contributed by atoms with Gasteiger partial charge >= 0.3 is 0 Å². The smallest absolute Gasteiger partial charge is 0.191 e. The first kappa shape index (κ1) is 27.1. The van der Waals surface area contributed by atoms with E-state index in [9.17, 15) is 0 Å². The number of benzene rings is 1. The van der Waals surface area contributed by atoms with E-state index in [1.807, 2.05) is 0 Å². The molecular formula is C23H42IN5O. The van der Waals surface area contributed by atoms with Crippen molar-refractivity contribution in [2.45, 2.75) is 46.3 Å². The summed E-state index contributed by atoms with van der Waals surface area (Å²) >= 11 is 0. The van der Waals surface area contributed by atoms with Crippen LogP contribution in [0.2, 0.25) is 0 Å². The van der Waals surface area contributed by atoms with Crippen molar-refractivity contribution >= 4 is 29.9 Å². The fourth-order valence-electron chi connectivity index (χ4n) is 3.77. The van der Waals surface area contributed by atoms with Gasteiger partial charge in [0.15, 0.2) is 5.96 Å². The highest BCUT2D eigenvalue weighted by molar-refractivity contribution is 14.0. The third-order valence-corrected chi connectivity index (χ3v) is 5.06. The maximum absolute atomic E-state index is 5.54. The van der Waals surface area contributed by atoms with Gasteiger partial charge in [-0.3, -0.25) is 4.90 Å². The Morgan fingerprint density at radius 2 is 1.87 bits per heavy atom. The fraction of sp³-hybridized carbons (Fsp3) is 0.696. The predicted molar refractivity (Wildman–Crippen MR) is 138 cm³/mol. The molecule has 0 saturated carbocycles. The minimum absolute atomic E-state index is 0. The Balaban J connectivity index is 0.00000450. The lowest BCUT2D eigenvalue weighted by molar-refractivity contribution is 0.0132. The van der Waals surface area contributed by atoms with Gasteiger partial charge in [-0.25, -0.2) is 4.99 Å². The minimum atomic E-state index is 0. The number of nitrogens with one attached hydrogen (secondary N) is 2. The molecule has 1 aromatic rings. The van der Waals surface area contributed by atoms with Crippen molar-refractivity contribution in [1.29, 1.82) is 0 Å². The summed E-state index contributed by atoms with van der Waals surface area (Å²) in [5.41, 5.74) is 2.57. The molecule has 0 amide bonds. The Kier molecular flexibility index (Phi) is 13.6. The van der Waals surface area contributed by atoms with E-state index in [4.69, 9.17) is 9.73 Å². The standard InChI is InChI=1S/C23H41N5O.HI/c1-6-24-23(25-16-20-8-7-9-21(15-20)18-27(4)5)26-17-22(14-19(2)3)28-10-12-29-13-11-28;/h7-9,15,19,22H,6,10-14,16-18H2,1-5H3,(H2,24,25,26);1H. The molecule has 30 heavy (non-hydrogen) atoms. The summed E-state index contributed by atoms with van der Waals surface area (Å²) < 4.78 is 5.54. The predicted octanol–water partition coefficient (Wildman–Crippen LogP) is 3.17. The molecule has 1 fully saturated rings. The zero-order valence-electron chi connectivity index (χ0n) is 19.5. The molecule has 1 saturated heterocycles. The summed E-state index contributed by atoms with van der Waals surface area (Å²) in [4.78, 5) is 9.59. The Labute approximate surface area is 200 Å². The summed E-state index contributed by atoms with van der Waals surface area (Å²) in [6, 6.07) is 9.21. The highest BCUT2D eigenvalue weighted by Crippen LogP contribution is 2.13. The summed E-state index contributed by atoms with van der Waals surface area (Å²) in [7, 11) is 4.19. The lowest BCUT2D eigenvalue weighted by atomic mass is 10.0. The molecule has 0 aliphatic carbocycles. The second-order valence-corrected chi connectivity index (χ2v) is 8.57. The molecule has 0 spiro atoms. The summed E-state index contributed by atoms with van der Waals surface area (Å²) in [6.45, 7) is 13.8. The van der Waals surface area contributed by atoms with Crippen molar-refractivity contribution in [3.63, 3.8) is 0 Å². The van der Waals surface area contributed by atoms with E-state index in [1.165, 1.54) is 17.5 Å². The van der Waals surface area contributed by atoms with E-state index in [2.05, 4.69) is 79.6 Å². The van der Waals surface area contributed by atoms with Crippen LogP contribution in [0.4, 0.5) is 0 Å². The lowest BCUT2D eigenvalue weighted by Gasteiger charge is -2.35. The third kappa shape index (κ3) is 10.4. The topological polar surface area (TPSA) is 52.1 Å². The van der Waals surface area contributed by atoms with Crippen LogP contribution < -0.4 is 10.6 Å². The monoisotopic (exact) mass is 531 g/mol. The first-order valence-corrected chi connectivity index (χ1v) is 11.0. The number of ether oxygens (including phenoxy) is 1. The molecule has 0 bridgehead atoms. The first-order chi connectivity index (χ1) is 14.0. The van der Waals surface area contributed by atoms with Crippen LogP contribution in [-0.4, -0.2) is 75.3 Å². The molecule has 2 N–H and O–H groups in total. The largest absolute Gasteiger partial charge is 0.379 e. The Bertz CT molecular complexity index is 617. The van der Waals surface area contributed by atoms with Crippen molar-refractivity contribution in [3.05, 3.63) is 35.4 Å². The molecule has 2 rings (SSSR count). The SMILES string of the molecule is CCNC(=NCc1cccc(CN(C)C)c1)NCC(CC(C)C)N1CCOCC1.I. The molecule has 1 aromatic carbocycles. The van der Waals surface area contributed by atoms with E-state index in [0.717, 1.165) is 51.9 Å². The lowest BCUT2D eigenvalue weighted by Crippen LogP contribution is -2.51.